The fourth-order valence-corrected chi connectivity index (χ4v) is 2.68. The summed E-state index contributed by atoms with van der Waals surface area (Å²) in [5.41, 5.74) is 0.256. The quantitative estimate of drug-likeness (QED) is 0.542. The van der Waals surface area contributed by atoms with Crippen LogP contribution in [0.5, 0.6) is 17.2 Å². The van der Waals surface area contributed by atoms with Gasteiger partial charge in [-0.15, -0.1) is 0 Å². The predicted octanol–water partition coefficient (Wildman–Crippen LogP) is 3.65. The molecular formula is C20H19NO5. The molecule has 6 heteroatoms. The maximum absolute atomic E-state index is 12.6. The van der Waals surface area contributed by atoms with Crippen molar-refractivity contribution in [3.63, 3.8) is 0 Å². The maximum atomic E-state index is 12.6. The van der Waals surface area contributed by atoms with Gasteiger partial charge in [0.15, 0.2) is 5.78 Å². The van der Waals surface area contributed by atoms with Gasteiger partial charge in [-0.3, -0.25) is 9.59 Å². The second-order valence-electron chi connectivity index (χ2n) is 5.96. The summed E-state index contributed by atoms with van der Waals surface area (Å²) in [5, 5.41) is 22.6. The second kappa shape index (κ2) is 7.31. The first kappa shape index (κ1) is 17.5. The molecule has 6 nitrogen and oxygen atoms in total. The molecule has 1 aliphatic carbocycles. The number of hydrogen-bond acceptors (Lipinski definition) is 6. The van der Waals surface area contributed by atoms with E-state index in [0.717, 1.165) is 24.7 Å². The molecule has 0 aliphatic heterocycles. The van der Waals surface area contributed by atoms with Crippen LogP contribution in [0.15, 0.2) is 48.2 Å². The molecular weight excluding hydrogens is 334 g/mol. The van der Waals surface area contributed by atoms with Crippen molar-refractivity contribution in [3.05, 3.63) is 59.3 Å². The van der Waals surface area contributed by atoms with Gasteiger partial charge in [0.25, 0.3) is 0 Å². The van der Waals surface area contributed by atoms with Crippen LogP contribution in [0.2, 0.25) is 0 Å². The number of aromatic hydroxyl groups is 2. The van der Waals surface area contributed by atoms with E-state index in [1.807, 2.05) is 0 Å². The molecule has 0 radical (unpaired) electrons. The number of nitrogens with one attached hydrogen (secondary N) is 1. The van der Waals surface area contributed by atoms with E-state index in [0.29, 0.717) is 12.3 Å². The van der Waals surface area contributed by atoms with Gasteiger partial charge in [0.05, 0.1) is 23.4 Å². The molecule has 0 spiro atoms. The van der Waals surface area contributed by atoms with Crippen LogP contribution in [0.25, 0.3) is 0 Å². The number of fused-ring (bicyclic) bond motifs is 1. The largest absolute Gasteiger partial charge is 0.507 e. The van der Waals surface area contributed by atoms with Crippen LogP contribution in [0, 0.1) is 0 Å². The Bertz CT molecular complexity index is 884. The summed E-state index contributed by atoms with van der Waals surface area (Å²) in [5.74, 6) is -1.06. The van der Waals surface area contributed by atoms with Gasteiger partial charge in [0, 0.05) is 11.8 Å². The molecule has 0 amide bonds. The van der Waals surface area contributed by atoms with Gasteiger partial charge in [-0.25, -0.2) is 0 Å². The van der Waals surface area contributed by atoms with Crippen molar-refractivity contribution < 1.29 is 24.5 Å². The highest BCUT2D eigenvalue weighted by atomic mass is 16.5. The van der Waals surface area contributed by atoms with Gasteiger partial charge in [0.1, 0.15) is 17.2 Å². The van der Waals surface area contributed by atoms with Crippen LogP contribution in [0.3, 0.4) is 0 Å². The Morgan fingerprint density at radius 3 is 2.27 bits per heavy atom. The summed E-state index contributed by atoms with van der Waals surface area (Å²) in [6.07, 6.45) is 3.14. The lowest BCUT2D eigenvalue weighted by molar-refractivity contribution is 0.0980. The molecule has 2 aromatic carbocycles. The summed E-state index contributed by atoms with van der Waals surface area (Å²) in [7, 11) is 0. The number of Topliss-reactive ketones (excluding diaryl/α,β-unsaturated/α-hetero) is 1. The topological polar surface area (TPSA) is 95.9 Å². The fourth-order valence-electron chi connectivity index (χ4n) is 2.68. The van der Waals surface area contributed by atoms with Crippen molar-refractivity contribution >= 4 is 17.3 Å². The van der Waals surface area contributed by atoms with E-state index < -0.39 is 11.6 Å². The molecule has 0 fully saturated rings. The first-order chi connectivity index (χ1) is 12.5. The van der Waals surface area contributed by atoms with E-state index in [1.165, 1.54) is 12.1 Å². The van der Waals surface area contributed by atoms with Gasteiger partial charge in [-0.2, -0.15) is 0 Å². The molecule has 3 N–H and O–H groups in total. The van der Waals surface area contributed by atoms with Crippen molar-refractivity contribution in [1.29, 1.82) is 0 Å². The summed E-state index contributed by atoms with van der Waals surface area (Å²) in [4.78, 5) is 24.8. The Hall–Kier alpha value is -3.28. The van der Waals surface area contributed by atoms with E-state index in [2.05, 4.69) is 12.2 Å². The molecule has 0 saturated carbocycles. The zero-order valence-electron chi connectivity index (χ0n) is 14.3. The maximum Gasteiger partial charge on any atom is 0.213 e. The second-order valence-corrected chi connectivity index (χ2v) is 5.96. The number of phenols is 2. The van der Waals surface area contributed by atoms with Gasteiger partial charge < -0.3 is 20.3 Å². The summed E-state index contributed by atoms with van der Waals surface area (Å²) >= 11 is 0. The lowest BCUT2D eigenvalue weighted by Gasteiger charge is -2.18. The number of carbonyl (C=O) groups excluding carboxylic acids is 2. The third-order valence-corrected chi connectivity index (χ3v) is 4.05. The highest BCUT2D eigenvalue weighted by Gasteiger charge is 2.31. The molecule has 0 heterocycles. The van der Waals surface area contributed by atoms with Crippen molar-refractivity contribution in [2.24, 2.45) is 0 Å². The standard InChI is InChI=1S/C20H19NO5/c1-2-3-10-26-13-6-4-12(5-7-13)21-14-11-17(24)18-15(22)8-9-16(23)19(18)20(14)25/h4-9,11,21-23H,2-3,10H2,1H3. The molecule has 2 aromatic rings. The molecule has 3 rings (SSSR count). The van der Waals surface area contributed by atoms with Crippen molar-refractivity contribution in [1.82, 2.24) is 0 Å². The Kier molecular flexibility index (Phi) is 4.93. The van der Waals surface area contributed by atoms with Crippen molar-refractivity contribution in [2.75, 3.05) is 11.9 Å². The molecule has 0 saturated heterocycles. The van der Waals surface area contributed by atoms with Crippen LogP contribution in [0.1, 0.15) is 40.5 Å². The molecule has 26 heavy (non-hydrogen) atoms. The number of phenolic OH excluding ortho intramolecular Hbond substituents is 2. The highest BCUT2D eigenvalue weighted by molar-refractivity contribution is 6.27. The summed E-state index contributed by atoms with van der Waals surface area (Å²) in [6, 6.07) is 9.37. The van der Waals surface area contributed by atoms with E-state index in [9.17, 15) is 19.8 Å². The lowest BCUT2D eigenvalue weighted by atomic mass is 9.91. The Labute approximate surface area is 150 Å². The van der Waals surface area contributed by atoms with Crippen LogP contribution < -0.4 is 10.1 Å². The van der Waals surface area contributed by atoms with E-state index in [1.54, 1.807) is 24.3 Å². The van der Waals surface area contributed by atoms with Crippen LogP contribution in [0.4, 0.5) is 5.69 Å². The summed E-state index contributed by atoms with van der Waals surface area (Å²) in [6.45, 7) is 2.73. The van der Waals surface area contributed by atoms with E-state index in [4.69, 9.17) is 4.74 Å². The van der Waals surface area contributed by atoms with Crippen molar-refractivity contribution in [2.45, 2.75) is 19.8 Å². The Morgan fingerprint density at radius 2 is 1.62 bits per heavy atom. The SMILES string of the molecule is CCCCOc1ccc(NC2=CC(=O)c3c(O)ccc(O)c3C2=O)cc1. The molecule has 0 bridgehead atoms. The number of anilines is 1. The number of hydrogen-bond donors (Lipinski definition) is 3. The first-order valence-corrected chi connectivity index (χ1v) is 8.36. The number of ether oxygens (including phenoxy) is 1. The number of unbranched alkanes of at least 4 members (excludes halogenated alkanes) is 1. The number of ketones is 2. The Morgan fingerprint density at radius 1 is 0.962 bits per heavy atom. The number of rotatable bonds is 6. The third kappa shape index (κ3) is 3.39. The van der Waals surface area contributed by atoms with Crippen LogP contribution in [-0.4, -0.2) is 28.4 Å². The monoisotopic (exact) mass is 353 g/mol. The number of benzene rings is 2. The molecule has 134 valence electrons. The van der Waals surface area contributed by atoms with E-state index >= 15 is 0 Å². The highest BCUT2D eigenvalue weighted by Crippen LogP contribution is 2.34. The smallest absolute Gasteiger partial charge is 0.213 e. The van der Waals surface area contributed by atoms with Crippen LogP contribution in [-0.2, 0) is 0 Å². The minimum absolute atomic E-state index is 0.0306. The average molecular weight is 353 g/mol. The van der Waals surface area contributed by atoms with Gasteiger partial charge in [-0.05, 0) is 42.8 Å². The summed E-state index contributed by atoms with van der Waals surface area (Å²) < 4.78 is 5.58. The van der Waals surface area contributed by atoms with Crippen LogP contribution >= 0.6 is 0 Å². The normalized spacial score (nSPS) is 13.2. The first-order valence-electron chi connectivity index (χ1n) is 8.36. The third-order valence-electron chi connectivity index (χ3n) is 4.05. The zero-order valence-corrected chi connectivity index (χ0v) is 14.3. The molecule has 0 unspecified atom stereocenters. The minimum atomic E-state index is -0.559. The van der Waals surface area contributed by atoms with Gasteiger partial charge in [-0.1, -0.05) is 13.3 Å². The lowest BCUT2D eigenvalue weighted by Crippen LogP contribution is -2.21. The van der Waals surface area contributed by atoms with Crippen molar-refractivity contribution in [3.8, 4) is 17.2 Å². The molecule has 1 aliphatic rings. The van der Waals surface area contributed by atoms with E-state index in [-0.39, 0.29) is 28.3 Å². The fraction of sp³-hybridized carbons (Fsp3) is 0.200. The zero-order chi connectivity index (χ0) is 18.7. The molecule has 0 aromatic heterocycles. The average Bonchev–Trinajstić information content (AvgIpc) is 2.63. The minimum Gasteiger partial charge on any atom is -0.507 e. The number of carbonyl (C=O) groups is 2. The number of allylic oxidation sites excluding steroid dienone is 2. The predicted molar refractivity (Wildman–Crippen MR) is 97.0 cm³/mol. The molecule has 0 atom stereocenters. The van der Waals surface area contributed by atoms with Gasteiger partial charge in [0.2, 0.25) is 5.78 Å². The van der Waals surface area contributed by atoms with Gasteiger partial charge >= 0.3 is 0 Å². The Balaban J connectivity index is 1.80.